The first kappa shape index (κ1) is 15.0. The summed E-state index contributed by atoms with van der Waals surface area (Å²) >= 11 is 0. The second-order valence-corrected chi connectivity index (χ2v) is 7.19. The average molecular weight is 240 g/mol. The number of hydrogen-bond donors (Lipinski definition) is 1. The Labute approximate surface area is 108 Å². The molecule has 0 heterocycles. The molecular weight excluding hydrogens is 208 g/mol. The van der Waals surface area contributed by atoms with E-state index in [1.54, 1.807) is 0 Å². The van der Waals surface area contributed by atoms with Gasteiger partial charge in [-0.2, -0.15) is 0 Å². The standard InChI is InChI=1S/C15H32N2/c1-7-17(9-12(2)3)15(11-16)10-14(5,6)8-13(15)4/h12-13H,7-11,16H2,1-6H3. The van der Waals surface area contributed by atoms with Crippen LogP contribution in [-0.4, -0.2) is 30.1 Å². The van der Waals surface area contributed by atoms with E-state index in [0.717, 1.165) is 13.1 Å². The van der Waals surface area contributed by atoms with Crippen molar-refractivity contribution in [3.05, 3.63) is 0 Å². The molecule has 0 aliphatic heterocycles. The molecule has 0 spiro atoms. The number of nitrogens with zero attached hydrogens (tertiary/aromatic N) is 1. The Morgan fingerprint density at radius 1 is 1.35 bits per heavy atom. The monoisotopic (exact) mass is 240 g/mol. The van der Waals surface area contributed by atoms with Gasteiger partial charge in [-0.25, -0.2) is 0 Å². The SMILES string of the molecule is CCN(CC(C)C)C1(CN)CC(C)(C)CC1C. The van der Waals surface area contributed by atoms with E-state index in [1.807, 2.05) is 0 Å². The molecule has 1 rings (SSSR count). The zero-order chi connectivity index (χ0) is 13.3. The highest BCUT2D eigenvalue weighted by Gasteiger charge is 2.50. The van der Waals surface area contributed by atoms with Crippen molar-refractivity contribution >= 4 is 0 Å². The Balaban J connectivity index is 2.94. The molecule has 2 N–H and O–H groups in total. The molecule has 2 heteroatoms. The summed E-state index contributed by atoms with van der Waals surface area (Å²) in [7, 11) is 0. The van der Waals surface area contributed by atoms with Crippen LogP contribution in [0.4, 0.5) is 0 Å². The van der Waals surface area contributed by atoms with E-state index in [9.17, 15) is 0 Å². The molecule has 2 unspecified atom stereocenters. The van der Waals surface area contributed by atoms with Crippen LogP contribution in [0.25, 0.3) is 0 Å². The van der Waals surface area contributed by atoms with Gasteiger partial charge in [0.2, 0.25) is 0 Å². The molecule has 0 bridgehead atoms. The molecule has 0 amide bonds. The zero-order valence-corrected chi connectivity index (χ0v) is 12.7. The Bertz CT molecular complexity index is 247. The van der Waals surface area contributed by atoms with Gasteiger partial charge in [0.25, 0.3) is 0 Å². The normalized spacial score (nSPS) is 32.6. The Morgan fingerprint density at radius 3 is 2.24 bits per heavy atom. The summed E-state index contributed by atoms with van der Waals surface area (Å²) in [5.74, 6) is 1.43. The van der Waals surface area contributed by atoms with Crippen LogP contribution in [0, 0.1) is 17.3 Å². The molecule has 102 valence electrons. The van der Waals surface area contributed by atoms with Gasteiger partial charge in [0.1, 0.15) is 0 Å². The Kier molecular flexibility index (Phi) is 4.65. The minimum atomic E-state index is 0.239. The molecule has 1 saturated carbocycles. The third-order valence-electron chi connectivity index (χ3n) is 4.51. The van der Waals surface area contributed by atoms with Crippen molar-refractivity contribution in [1.29, 1.82) is 0 Å². The van der Waals surface area contributed by atoms with Gasteiger partial charge in [0.05, 0.1) is 0 Å². The van der Waals surface area contributed by atoms with E-state index in [1.165, 1.54) is 19.4 Å². The van der Waals surface area contributed by atoms with E-state index in [4.69, 9.17) is 5.73 Å². The lowest BCUT2D eigenvalue weighted by molar-refractivity contribution is 0.0530. The second kappa shape index (κ2) is 5.27. The minimum Gasteiger partial charge on any atom is -0.329 e. The lowest BCUT2D eigenvalue weighted by Gasteiger charge is -2.45. The van der Waals surface area contributed by atoms with Crippen molar-refractivity contribution in [1.82, 2.24) is 4.90 Å². The van der Waals surface area contributed by atoms with Gasteiger partial charge >= 0.3 is 0 Å². The van der Waals surface area contributed by atoms with Crippen molar-refractivity contribution < 1.29 is 0 Å². The first-order valence-electron chi connectivity index (χ1n) is 7.22. The number of nitrogens with two attached hydrogens (primary N) is 1. The smallest absolute Gasteiger partial charge is 0.0362 e. The summed E-state index contributed by atoms with van der Waals surface area (Å²) < 4.78 is 0. The van der Waals surface area contributed by atoms with Gasteiger partial charge in [0.15, 0.2) is 0 Å². The van der Waals surface area contributed by atoms with Crippen LogP contribution in [0.15, 0.2) is 0 Å². The summed E-state index contributed by atoms with van der Waals surface area (Å²) in [6, 6.07) is 0. The predicted molar refractivity (Wildman–Crippen MR) is 76.0 cm³/mol. The van der Waals surface area contributed by atoms with E-state index in [-0.39, 0.29) is 5.54 Å². The van der Waals surface area contributed by atoms with Crippen LogP contribution in [0.5, 0.6) is 0 Å². The molecule has 0 aromatic heterocycles. The maximum atomic E-state index is 6.19. The molecule has 0 aromatic carbocycles. The molecule has 0 saturated heterocycles. The molecule has 0 radical (unpaired) electrons. The number of likely N-dealkylation sites (N-methyl/N-ethyl adjacent to an activating group) is 1. The van der Waals surface area contributed by atoms with E-state index in [2.05, 4.69) is 46.4 Å². The summed E-state index contributed by atoms with van der Waals surface area (Å²) in [5.41, 5.74) is 6.88. The van der Waals surface area contributed by atoms with Crippen molar-refractivity contribution in [2.45, 2.75) is 59.9 Å². The summed E-state index contributed by atoms with van der Waals surface area (Å²) in [6.45, 7) is 17.2. The third-order valence-corrected chi connectivity index (χ3v) is 4.51. The summed E-state index contributed by atoms with van der Waals surface area (Å²) in [4.78, 5) is 2.65. The molecule has 2 nitrogen and oxygen atoms in total. The Morgan fingerprint density at radius 2 is 1.94 bits per heavy atom. The highest BCUT2D eigenvalue weighted by Crippen LogP contribution is 2.50. The van der Waals surface area contributed by atoms with Crippen LogP contribution in [0.2, 0.25) is 0 Å². The summed E-state index contributed by atoms with van der Waals surface area (Å²) in [5, 5.41) is 0. The van der Waals surface area contributed by atoms with Gasteiger partial charge in [-0.05, 0) is 36.6 Å². The van der Waals surface area contributed by atoms with Gasteiger partial charge in [-0.1, -0.05) is 41.5 Å². The number of rotatable bonds is 5. The van der Waals surface area contributed by atoms with Crippen LogP contribution in [0.3, 0.4) is 0 Å². The van der Waals surface area contributed by atoms with Crippen LogP contribution in [0.1, 0.15) is 54.4 Å². The van der Waals surface area contributed by atoms with Crippen LogP contribution < -0.4 is 5.73 Å². The lowest BCUT2D eigenvalue weighted by atomic mass is 9.84. The van der Waals surface area contributed by atoms with Gasteiger partial charge in [-0.15, -0.1) is 0 Å². The van der Waals surface area contributed by atoms with Crippen molar-refractivity contribution in [2.24, 2.45) is 23.0 Å². The fraction of sp³-hybridized carbons (Fsp3) is 1.00. The van der Waals surface area contributed by atoms with Crippen molar-refractivity contribution in [3.8, 4) is 0 Å². The molecule has 2 atom stereocenters. The first-order valence-corrected chi connectivity index (χ1v) is 7.22. The average Bonchev–Trinajstić information content (AvgIpc) is 2.45. The third kappa shape index (κ3) is 3.03. The van der Waals surface area contributed by atoms with Gasteiger partial charge < -0.3 is 5.73 Å². The van der Waals surface area contributed by atoms with Gasteiger partial charge in [0, 0.05) is 18.6 Å². The van der Waals surface area contributed by atoms with Gasteiger partial charge in [-0.3, -0.25) is 4.90 Å². The largest absolute Gasteiger partial charge is 0.329 e. The predicted octanol–water partition coefficient (Wildman–Crippen LogP) is 3.12. The lowest BCUT2D eigenvalue weighted by Crippen LogP contribution is -2.57. The number of hydrogen-bond acceptors (Lipinski definition) is 2. The maximum Gasteiger partial charge on any atom is 0.0362 e. The highest BCUT2D eigenvalue weighted by molar-refractivity contribution is 5.06. The maximum absolute atomic E-state index is 6.19. The van der Waals surface area contributed by atoms with E-state index < -0.39 is 0 Å². The van der Waals surface area contributed by atoms with Crippen molar-refractivity contribution in [2.75, 3.05) is 19.6 Å². The van der Waals surface area contributed by atoms with Crippen molar-refractivity contribution in [3.63, 3.8) is 0 Å². The molecule has 1 fully saturated rings. The van der Waals surface area contributed by atoms with E-state index in [0.29, 0.717) is 17.3 Å². The zero-order valence-electron chi connectivity index (χ0n) is 12.7. The fourth-order valence-electron chi connectivity index (χ4n) is 3.99. The second-order valence-electron chi connectivity index (χ2n) is 7.19. The highest BCUT2D eigenvalue weighted by atomic mass is 15.2. The quantitative estimate of drug-likeness (QED) is 0.800. The topological polar surface area (TPSA) is 29.3 Å². The Hall–Kier alpha value is -0.0800. The first-order chi connectivity index (χ1) is 7.77. The molecular formula is C15H32N2. The fourth-order valence-corrected chi connectivity index (χ4v) is 3.99. The molecule has 17 heavy (non-hydrogen) atoms. The van der Waals surface area contributed by atoms with E-state index >= 15 is 0 Å². The molecule has 1 aliphatic rings. The van der Waals surface area contributed by atoms with Crippen LogP contribution in [-0.2, 0) is 0 Å². The molecule has 0 aromatic rings. The van der Waals surface area contributed by atoms with Crippen LogP contribution >= 0.6 is 0 Å². The minimum absolute atomic E-state index is 0.239. The summed E-state index contributed by atoms with van der Waals surface area (Å²) in [6.07, 6.45) is 2.55. The molecule has 1 aliphatic carbocycles.